The molecule has 0 radical (unpaired) electrons. The number of hydrogen-bond acceptors (Lipinski definition) is 5. The first kappa shape index (κ1) is 25.3. The van der Waals surface area contributed by atoms with Crippen LogP contribution in [0.25, 0.3) is 0 Å². The van der Waals surface area contributed by atoms with Crippen LogP contribution in [0.5, 0.6) is 0 Å². The Kier molecular flexibility index (Phi) is 12.2. The van der Waals surface area contributed by atoms with Crippen molar-refractivity contribution in [2.75, 3.05) is 39.0 Å². The Bertz CT molecular complexity index is 697. The Labute approximate surface area is 189 Å². The quantitative estimate of drug-likeness (QED) is 0.188. The minimum Gasteiger partial charge on any atom is -0.377 e. The highest BCUT2D eigenvalue weighted by molar-refractivity contribution is 14.0. The lowest BCUT2D eigenvalue weighted by molar-refractivity contribution is 0.0200. The van der Waals surface area contributed by atoms with Gasteiger partial charge in [0.1, 0.15) is 5.15 Å². The van der Waals surface area contributed by atoms with Crippen molar-refractivity contribution in [1.29, 1.82) is 0 Å². The average molecular weight is 546 g/mol. The van der Waals surface area contributed by atoms with Crippen LogP contribution in [0.15, 0.2) is 23.3 Å². The lowest BCUT2D eigenvalue weighted by Gasteiger charge is -2.22. The van der Waals surface area contributed by atoms with E-state index >= 15 is 0 Å². The summed E-state index contributed by atoms with van der Waals surface area (Å²) in [7, 11) is -1.70. The molecule has 1 aliphatic rings. The maximum atomic E-state index is 12.1. The van der Waals surface area contributed by atoms with E-state index in [-0.39, 0.29) is 42.4 Å². The van der Waals surface area contributed by atoms with Gasteiger partial charge < -0.3 is 15.4 Å². The molecule has 0 bridgehead atoms. The summed E-state index contributed by atoms with van der Waals surface area (Å²) in [6.45, 7) is 1.96. The molecule has 0 aliphatic carbocycles. The van der Waals surface area contributed by atoms with Gasteiger partial charge in [-0.05, 0) is 37.3 Å². The molecule has 1 aromatic rings. The molecule has 2 heterocycles. The van der Waals surface area contributed by atoms with Gasteiger partial charge in [-0.2, -0.15) is 0 Å². The highest BCUT2D eigenvalue weighted by Crippen LogP contribution is 2.11. The van der Waals surface area contributed by atoms with Gasteiger partial charge in [-0.1, -0.05) is 17.7 Å². The third-order valence-electron chi connectivity index (χ3n) is 4.19. The van der Waals surface area contributed by atoms with Gasteiger partial charge in [0.25, 0.3) is 0 Å². The highest BCUT2D eigenvalue weighted by atomic mass is 127. The van der Waals surface area contributed by atoms with Crippen LogP contribution in [0, 0.1) is 0 Å². The third-order valence-corrected chi connectivity index (χ3v) is 5.76. The second-order valence-electron chi connectivity index (χ2n) is 6.32. The second kappa shape index (κ2) is 13.5. The van der Waals surface area contributed by atoms with Gasteiger partial charge in [0.15, 0.2) is 5.96 Å². The molecule has 1 unspecified atom stereocenters. The molecule has 0 aromatic carbocycles. The predicted molar refractivity (Wildman–Crippen MR) is 123 cm³/mol. The number of nitrogens with one attached hydrogen (secondary N) is 3. The van der Waals surface area contributed by atoms with Crippen molar-refractivity contribution in [3.05, 3.63) is 29.0 Å². The van der Waals surface area contributed by atoms with Crippen LogP contribution in [0.3, 0.4) is 0 Å². The summed E-state index contributed by atoms with van der Waals surface area (Å²) in [6.07, 6.45) is 5.51. The Morgan fingerprint density at radius 3 is 2.75 bits per heavy atom. The first-order chi connectivity index (χ1) is 13.0. The van der Waals surface area contributed by atoms with Crippen molar-refractivity contribution < 1.29 is 13.2 Å². The number of ether oxygens (including phenoxy) is 1. The van der Waals surface area contributed by atoms with Crippen LogP contribution in [-0.2, 0) is 21.2 Å². The predicted octanol–water partition coefficient (Wildman–Crippen LogP) is 1.55. The van der Waals surface area contributed by atoms with Gasteiger partial charge in [0.2, 0.25) is 10.0 Å². The lowest BCUT2D eigenvalue weighted by Crippen LogP contribution is -2.43. The molecule has 1 fully saturated rings. The Balaban J connectivity index is 0.00000392. The fourth-order valence-corrected chi connectivity index (χ4v) is 3.73. The van der Waals surface area contributed by atoms with Crippen LogP contribution >= 0.6 is 35.6 Å². The number of pyridine rings is 1. The molecule has 8 nitrogen and oxygen atoms in total. The monoisotopic (exact) mass is 545 g/mol. The molecular formula is C17H29ClIN5O3S. The van der Waals surface area contributed by atoms with E-state index in [2.05, 4.69) is 25.3 Å². The molecule has 1 aliphatic heterocycles. The number of sulfonamides is 1. The highest BCUT2D eigenvalue weighted by Gasteiger charge is 2.17. The van der Waals surface area contributed by atoms with Crippen molar-refractivity contribution in [1.82, 2.24) is 20.3 Å². The molecule has 2 rings (SSSR count). The summed E-state index contributed by atoms with van der Waals surface area (Å²) in [5.41, 5.74) is 1.05. The van der Waals surface area contributed by atoms with Crippen LogP contribution in [0.1, 0.15) is 24.8 Å². The zero-order valence-electron chi connectivity index (χ0n) is 16.0. The molecule has 11 heteroatoms. The van der Waals surface area contributed by atoms with Crippen molar-refractivity contribution in [2.24, 2.45) is 4.99 Å². The average Bonchev–Trinajstić information content (AvgIpc) is 2.67. The number of nitrogens with zero attached hydrogens (tertiary/aromatic N) is 2. The maximum absolute atomic E-state index is 12.1. The summed E-state index contributed by atoms with van der Waals surface area (Å²) in [4.78, 5) is 8.13. The Morgan fingerprint density at radius 1 is 1.32 bits per heavy atom. The number of guanidine groups is 1. The number of halogens is 2. The van der Waals surface area contributed by atoms with E-state index in [1.807, 2.05) is 6.07 Å². The second-order valence-corrected chi connectivity index (χ2v) is 8.63. The zero-order valence-corrected chi connectivity index (χ0v) is 19.9. The molecule has 1 saturated heterocycles. The molecule has 1 atom stereocenters. The molecule has 0 amide bonds. The van der Waals surface area contributed by atoms with E-state index in [4.69, 9.17) is 16.3 Å². The van der Waals surface area contributed by atoms with E-state index in [0.717, 1.165) is 31.2 Å². The van der Waals surface area contributed by atoms with Crippen molar-refractivity contribution >= 4 is 51.6 Å². The summed E-state index contributed by atoms with van der Waals surface area (Å²) in [6, 6.07) is 3.67. The molecule has 0 saturated carbocycles. The van der Waals surface area contributed by atoms with Crippen LogP contribution in [0.2, 0.25) is 5.15 Å². The Hall–Kier alpha value is -0.690. The largest absolute Gasteiger partial charge is 0.377 e. The minimum absolute atomic E-state index is 0. The fraction of sp³-hybridized carbons (Fsp3) is 0.647. The van der Waals surface area contributed by atoms with Gasteiger partial charge in [0, 0.05) is 39.5 Å². The van der Waals surface area contributed by atoms with Crippen molar-refractivity contribution in [2.45, 2.75) is 31.8 Å². The van der Waals surface area contributed by atoms with Gasteiger partial charge in [-0.25, -0.2) is 18.1 Å². The van der Waals surface area contributed by atoms with E-state index in [1.165, 1.54) is 0 Å². The van der Waals surface area contributed by atoms with E-state index in [9.17, 15) is 8.42 Å². The molecule has 1 aromatic heterocycles. The third kappa shape index (κ3) is 10.2. The maximum Gasteiger partial charge on any atom is 0.213 e. The summed E-state index contributed by atoms with van der Waals surface area (Å²) in [5, 5.41) is 6.62. The lowest BCUT2D eigenvalue weighted by atomic mass is 10.1. The van der Waals surface area contributed by atoms with E-state index in [0.29, 0.717) is 30.8 Å². The minimum atomic E-state index is -3.35. The standard InChI is InChI=1S/C17H28ClN5O3S.HI/c1-19-17(20-8-7-14-5-6-16(18)22-12-14)21-9-11-27(24,25)23-13-15-4-2-3-10-26-15;/h5-6,12,15,23H,2-4,7-11,13H2,1H3,(H2,19,20,21);1H. The molecule has 0 spiro atoms. The number of rotatable bonds is 9. The van der Waals surface area contributed by atoms with Crippen LogP contribution in [0.4, 0.5) is 0 Å². The van der Waals surface area contributed by atoms with Crippen molar-refractivity contribution in [3.8, 4) is 0 Å². The van der Waals surface area contributed by atoms with Gasteiger partial charge in [0.05, 0.1) is 11.9 Å². The zero-order chi connectivity index (χ0) is 19.5. The summed E-state index contributed by atoms with van der Waals surface area (Å²) >= 11 is 5.76. The SMILES string of the molecule is CN=C(NCCc1ccc(Cl)nc1)NCCS(=O)(=O)NCC1CCCCO1.I. The normalized spacial score (nSPS) is 17.6. The van der Waals surface area contributed by atoms with Crippen LogP contribution < -0.4 is 15.4 Å². The van der Waals surface area contributed by atoms with E-state index in [1.54, 1.807) is 19.3 Å². The van der Waals surface area contributed by atoms with E-state index < -0.39 is 10.0 Å². The van der Waals surface area contributed by atoms with Gasteiger partial charge >= 0.3 is 0 Å². The molecule has 160 valence electrons. The topological polar surface area (TPSA) is 105 Å². The smallest absolute Gasteiger partial charge is 0.213 e. The summed E-state index contributed by atoms with van der Waals surface area (Å²) < 4.78 is 32.3. The number of hydrogen-bond donors (Lipinski definition) is 3. The van der Waals surface area contributed by atoms with Crippen LogP contribution in [-0.4, -0.2) is 64.5 Å². The van der Waals surface area contributed by atoms with Gasteiger partial charge in [-0.3, -0.25) is 4.99 Å². The molecular weight excluding hydrogens is 517 g/mol. The number of aromatic nitrogens is 1. The number of aliphatic imine (C=N–C) groups is 1. The summed E-state index contributed by atoms with van der Waals surface area (Å²) in [5.74, 6) is 0.532. The molecule has 3 N–H and O–H groups in total. The Morgan fingerprint density at radius 2 is 2.11 bits per heavy atom. The van der Waals surface area contributed by atoms with Crippen molar-refractivity contribution in [3.63, 3.8) is 0 Å². The first-order valence-corrected chi connectivity index (χ1v) is 11.2. The first-order valence-electron chi connectivity index (χ1n) is 9.12. The molecule has 28 heavy (non-hydrogen) atoms. The van der Waals surface area contributed by atoms with Gasteiger partial charge in [-0.15, -0.1) is 24.0 Å². The fourth-order valence-electron chi connectivity index (χ4n) is 2.66.